The third-order valence-corrected chi connectivity index (χ3v) is 5.23. The van der Waals surface area contributed by atoms with Gasteiger partial charge in [-0.15, -0.1) is 0 Å². The Hall–Kier alpha value is -1.59. The Balaban J connectivity index is 1.74. The molecule has 1 heterocycles. The van der Waals surface area contributed by atoms with Crippen LogP contribution in [0.4, 0.5) is 5.69 Å². The first-order chi connectivity index (χ1) is 13.1. The number of anilines is 1. The van der Waals surface area contributed by atoms with Crippen LogP contribution in [0.2, 0.25) is 0 Å². The highest BCUT2D eigenvalue weighted by molar-refractivity contribution is 5.97. The number of carbonyl (C=O) groups excluding carboxylic acids is 1. The fourth-order valence-corrected chi connectivity index (χ4v) is 3.21. The lowest BCUT2D eigenvalue weighted by molar-refractivity contribution is -0.139. The van der Waals surface area contributed by atoms with Crippen LogP contribution in [0.1, 0.15) is 59.3 Å². The summed E-state index contributed by atoms with van der Waals surface area (Å²) >= 11 is 0. The van der Waals surface area contributed by atoms with E-state index in [1.807, 2.05) is 45.0 Å². The second-order valence-electron chi connectivity index (χ2n) is 7.52. The highest BCUT2D eigenvalue weighted by Gasteiger charge is 2.32. The lowest BCUT2D eigenvalue weighted by Gasteiger charge is -2.27. The summed E-state index contributed by atoms with van der Waals surface area (Å²) in [5.74, 6) is 0.737. The van der Waals surface area contributed by atoms with Crippen molar-refractivity contribution in [2.75, 3.05) is 38.2 Å². The van der Waals surface area contributed by atoms with Gasteiger partial charge in [0.1, 0.15) is 11.4 Å². The molecule has 1 amide bonds. The summed E-state index contributed by atoms with van der Waals surface area (Å²) < 4.78 is 11.6. The number of likely N-dealkylation sites (tertiary alicyclic amines) is 1. The van der Waals surface area contributed by atoms with Gasteiger partial charge in [-0.2, -0.15) is 0 Å². The number of hydrogen-bond acceptors (Lipinski definition) is 4. The fourth-order valence-electron chi connectivity index (χ4n) is 3.21. The van der Waals surface area contributed by atoms with E-state index in [1.165, 1.54) is 32.4 Å². The van der Waals surface area contributed by atoms with Crippen LogP contribution in [0.15, 0.2) is 24.3 Å². The van der Waals surface area contributed by atoms with Crippen LogP contribution in [0.3, 0.4) is 0 Å². The number of carbonyl (C=O) groups is 1. The Labute approximate surface area is 164 Å². The lowest BCUT2D eigenvalue weighted by atomic mass is 10.0. The molecule has 1 aromatic carbocycles. The van der Waals surface area contributed by atoms with Crippen LogP contribution in [0.25, 0.3) is 0 Å². The molecule has 1 aliphatic rings. The lowest BCUT2D eigenvalue weighted by Crippen LogP contribution is -2.42. The Morgan fingerprint density at radius 1 is 1.11 bits per heavy atom. The first kappa shape index (κ1) is 21.7. The van der Waals surface area contributed by atoms with E-state index < -0.39 is 5.60 Å². The summed E-state index contributed by atoms with van der Waals surface area (Å²) in [5.41, 5.74) is -0.0277. The minimum Gasteiger partial charge on any atom is -0.494 e. The summed E-state index contributed by atoms with van der Waals surface area (Å²) in [5, 5.41) is 2.95. The van der Waals surface area contributed by atoms with Crippen molar-refractivity contribution in [2.24, 2.45) is 0 Å². The Kier molecular flexibility index (Phi) is 9.08. The molecule has 1 aromatic rings. The zero-order valence-corrected chi connectivity index (χ0v) is 17.3. The van der Waals surface area contributed by atoms with E-state index in [2.05, 4.69) is 10.2 Å². The van der Waals surface area contributed by atoms with Crippen molar-refractivity contribution in [1.82, 2.24) is 4.90 Å². The van der Waals surface area contributed by atoms with E-state index in [-0.39, 0.29) is 5.91 Å². The van der Waals surface area contributed by atoms with Crippen LogP contribution in [-0.2, 0) is 9.53 Å². The van der Waals surface area contributed by atoms with Gasteiger partial charge >= 0.3 is 0 Å². The first-order valence-electron chi connectivity index (χ1n) is 10.5. The second kappa shape index (κ2) is 11.3. The molecular weight excluding hydrogens is 340 g/mol. The monoisotopic (exact) mass is 376 g/mol. The SMILES string of the molecule is CCCO[C@](C)(CC)C(=O)Nc1ccc(OCCCN2CCCCC2)cc1. The van der Waals surface area contributed by atoms with Crippen molar-refractivity contribution in [2.45, 2.75) is 64.9 Å². The molecule has 0 spiro atoms. The smallest absolute Gasteiger partial charge is 0.256 e. The molecular formula is C22H36N2O3. The van der Waals surface area contributed by atoms with E-state index in [4.69, 9.17) is 9.47 Å². The molecule has 1 N–H and O–H groups in total. The molecule has 0 bridgehead atoms. The number of hydrogen-bond donors (Lipinski definition) is 1. The van der Waals surface area contributed by atoms with Gasteiger partial charge < -0.3 is 19.7 Å². The normalized spacial score (nSPS) is 17.3. The quantitative estimate of drug-likeness (QED) is 0.579. The Morgan fingerprint density at radius 3 is 2.44 bits per heavy atom. The highest BCUT2D eigenvalue weighted by Crippen LogP contribution is 2.21. The maximum Gasteiger partial charge on any atom is 0.256 e. The average Bonchev–Trinajstić information content (AvgIpc) is 2.71. The molecule has 0 radical (unpaired) electrons. The number of nitrogens with zero attached hydrogens (tertiary/aromatic N) is 1. The molecule has 5 nitrogen and oxygen atoms in total. The van der Waals surface area contributed by atoms with Crippen molar-refractivity contribution in [3.63, 3.8) is 0 Å². The largest absolute Gasteiger partial charge is 0.494 e. The molecule has 1 aliphatic heterocycles. The van der Waals surface area contributed by atoms with Crippen LogP contribution in [0, 0.1) is 0 Å². The van der Waals surface area contributed by atoms with Crippen molar-refractivity contribution < 1.29 is 14.3 Å². The number of rotatable bonds is 11. The van der Waals surface area contributed by atoms with E-state index in [9.17, 15) is 4.79 Å². The number of ether oxygens (including phenoxy) is 2. The zero-order chi connectivity index (χ0) is 19.5. The number of piperidine rings is 1. The van der Waals surface area contributed by atoms with Crippen LogP contribution in [-0.4, -0.2) is 49.3 Å². The van der Waals surface area contributed by atoms with Gasteiger partial charge in [-0.05, 0) is 76.4 Å². The molecule has 152 valence electrons. The van der Waals surface area contributed by atoms with Crippen molar-refractivity contribution in [1.29, 1.82) is 0 Å². The predicted octanol–water partition coefficient (Wildman–Crippen LogP) is 4.48. The summed E-state index contributed by atoms with van der Waals surface area (Å²) in [6.45, 7) is 10.7. The van der Waals surface area contributed by atoms with Gasteiger partial charge in [-0.3, -0.25) is 4.79 Å². The van der Waals surface area contributed by atoms with Gasteiger partial charge in [0.25, 0.3) is 5.91 Å². The molecule has 5 heteroatoms. The number of nitrogens with one attached hydrogen (secondary N) is 1. The molecule has 0 aromatic heterocycles. The van der Waals surface area contributed by atoms with Crippen LogP contribution in [0.5, 0.6) is 5.75 Å². The second-order valence-corrected chi connectivity index (χ2v) is 7.52. The van der Waals surface area contributed by atoms with Crippen molar-refractivity contribution in [3.8, 4) is 5.75 Å². The van der Waals surface area contributed by atoms with E-state index >= 15 is 0 Å². The highest BCUT2D eigenvalue weighted by atomic mass is 16.5. The Morgan fingerprint density at radius 2 is 1.81 bits per heavy atom. The van der Waals surface area contributed by atoms with Crippen LogP contribution >= 0.6 is 0 Å². The third kappa shape index (κ3) is 7.15. The van der Waals surface area contributed by atoms with E-state index in [1.54, 1.807) is 0 Å². The minimum atomic E-state index is -0.792. The van der Waals surface area contributed by atoms with E-state index in [0.29, 0.717) is 13.0 Å². The maximum absolute atomic E-state index is 12.5. The standard InChI is InChI=1S/C22H36N2O3/c1-4-17-27-22(3,5-2)21(25)23-19-10-12-20(13-11-19)26-18-9-16-24-14-7-6-8-15-24/h10-13H,4-9,14-18H2,1-3H3,(H,23,25)/t22-/m1/s1. The van der Waals surface area contributed by atoms with Crippen molar-refractivity contribution in [3.05, 3.63) is 24.3 Å². The topological polar surface area (TPSA) is 50.8 Å². The molecule has 27 heavy (non-hydrogen) atoms. The van der Waals surface area contributed by atoms with Crippen LogP contribution < -0.4 is 10.1 Å². The molecule has 1 fully saturated rings. The number of amides is 1. The summed E-state index contributed by atoms with van der Waals surface area (Å²) in [6, 6.07) is 7.58. The van der Waals surface area contributed by atoms with Crippen molar-refractivity contribution >= 4 is 11.6 Å². The third-order valence-electron chi connectivity index (χ3n) is 5.23. The molecule has 1 saturated heterocycles. The minimum absolute atomic E-state index is 0.103. The average molecular weight is 377 g/mol. The van der Waals surface area contributed by atoms with Gasteiger partial charge in [-0.25, -0.2) is 0 Å². The predicted molar refractivity (Wildman–Crippen MR) is 110 cm³/mol. The fraction of sp³-hybridized carbons (Fsp3) is 0.682. The summed E-state index contributed by atoms with van der Waals surface area (Å²) in [4.78, 5) is 15.1. The molecule has 0 aliphatic carbocycles. The molecule has 2 rings (SSSR count). The Bertz CT molecular complexity index is 555. The zero-order valence-electron chi connectivity index (χ0n) is 17.3. The maximum atomic E-state index is 12.5. The summed E-state index contributed by atoms with van der Waals surface area (Å²) in [7, 11) is 0. The van der Waals surface area contributed by atoms with Gasteiger partial charge in [0, 0.05) is 18.8 Å². The van der Waals surface area contributed by atoms with E-state index in [0.717, 1.165) is 37.4 Å². The number of benzene rings is 1. The molecule has 0 saturated carbocycles. The molecule has 0 unspecified atom stereocenters. The van der Waals surface area contributed by atoms with Gasteiger partial charge in [0.15, 0.2) is 0 Å². The molecule has 1 atom stereocenters. The van der Waals surface area contributed by atoms with Gasteiger partial charge in [0.05, 0.1) is 6.61 Å². The summed E-state index contributed by atoms with van der Waals surface area (Å²) in [6.07, 6.45) is 6.60. The van der Waals surface area contributed by atoms with Gasteiger partial charge in [-0.1, -0.05) is 20.3 Å². The first-order valence-corrected chi connectivity index (χ1v) is 10.5. The van der Waals surface area contributed by atoms with Gasteiger partial charge in [0.2, 0.25) is 0 Å².